The standard InChI is InChI=1S/C15H18BrNS/c1-3-13-6-7-14(18-13)10-17-9-12-5-4-11(2)8-15(12)16/h4-8,17H,3,9-10H2,1-2H3. The van der Waals surface area contributed by atoms with Gasteiger partial charge in [-0.3, -0.25) is 0 Å². The number of aryl methyl sites for hydroxylation is 2. The highest BCUT2D eigenvalue weighted by molar-refractivity contribution is 9.10. The third-order valence-corrected chi connectivity index (χ3v) is 4.86. The first-order chi connectivity index (χ1) is 8.69. The summed E-state index contributed by atoms with van der Waals surface area (Å²) in [5.74, 6) is 0. The van der Waals surface area contributed by atoms with Gasteiger partial charge in [0.2, 0.25) is 0 Å². The van der Waals surface area contributed by atoms with Crippen LogP contribution in [0.3, 0.4) is 0 Å². The molecule has 0 unspecified atom stereocenters. The van der Waals surface area contributed by atoms with E-state index in [-0.39, 0.29) is 0 Å². The van der Waals surface area contributed by atoms with Gasteiger partial charge in [-0.1, -0.05) is 35.0 Å². The molecule has 18 heavy (non-hydrogen) atoms. The minimum Gasteiger partial charge on any atom is -0.308 e. The van der Waals surface area contributed by atoms with Crippen molar-refractivity contribution < 1.29 is 0 Å². The summed E-state index contributed by atoms with van der Waals surface area (Å²) in [4.78, 5) is 2.87. The Hall–Kier alpha value is -0.640. The molecule has 1 aromatic heterocycles. The van der Waals surface area contributed by atoms with Crippen LogP contribution in [0, 0.1) is 6.92 Å². The molecular formula is C15H18BrNS. The molecule has 0 aliphatic carbocycles. The second kappa shape index (κ2) is 6.50. The highest BCUT2D eigenvalue weighted by Gasteiger charge is 2.01. The van der Waals surface area contributed by atoms with Crippen molar-refractivity contribution in [3.05, 3.63) is 55.7 Å². The molecule has 1 aromatic carbocycles. The van der Waals surface area contributed by atoms with Gasteiger partial charge in [0.25, 0.3) is 0 Å². The molecule has 3 heteroatoms. The highest BCUT2D eigenvalue weighted by atomic mass is 79.9. The van der Waals surface area contributed by atoms with Gasteiger partial charge in [0.1, 0.15) is 0 Å². The van der Waals surface area contributed by atoms with Crippen LogP contribution in [0.5, 0.6) is 0 Å². The van der Waals surface area contributed by atoms with E-state index in [1.807, 2.05) is 11.3 Å². The van der Waals surface area contributed by atoms with Crippen LogP contribution < -0.4 is 5.32 Å². The number of benzene rings is 1. The first-order valence-electron chi connectivity index (χ1n) is 6.22. The molecule has 96 valence electrons. The molecule has 0 saturated carbocycles. The molecule has 0 spiro atoms. The van der Waals surface area contributed by atoms with Crippen molar-refractivity contribution in [2.75, 3.05) is 0 Å². The molecule has 0 radical (unpaired) electrons. The van der Waals surface area contributed by atoms with Crippen molar-refractivity contribution >= 4 is 27.3 Å². The monoisotopic (exact) mass is 323 g/mol. The van der Waals surface area contributed by atoms with E-state index in [0.717, 1.165) is 19.5 Å². The number of hydrogen-bond donors (Lipinski definition) is 1. The van der Waals surface area contributed by atoms with E-state index in [1.165, 1.54) is 25.4 Å². The predicted molar refractivity (Wildman–Crippen MR) is 83.1 cm³/mol. The zero-order valence-corrected chi connectivity index (χ0v) is 13.2. The lowest BCUT2D eigenvalue weighted by atomic mass is 10.1. The highest BCUT2D eigenvalue weighted by Crippen LogP contribution is 2.19. The second-order valence-corrected chi connectivity index (χ2v) is 6.53. The van der Waals surface area contributed by atoms with Crippen LogP contribution in [0.2, 0.25) is 0 Å². The van der Waals surface area contributed by atoms with E-state index in [0.29, 0.717) is 0 Å². The largest absolute Gasteiger partial charge is 0.308 e. The third-order valence-electron chi connectivity index (χ3n) is 2.89. The summed E-state index contributed by atoms with van der Waals surface area (Å²) in [6.45, 7) is 6.16. The van der Waals surface area contributed by atoms with Gasteiger partial charge in [-0.15, -0.1) is 11.3 Å². The Labute approximate surface area is 121 Å². The van der Waals surface area contributed by atoms with Crippen LogP contribution in [0.1, 0.15) is 27.8 Å². The minimum atomic E-state index is 0.903. The van der Waals surface area contributed by atoms with Crippen molar-refractivity contribution in [1.82, 2.24) is 5.32 Å². The van der Waals surface area contributed by atoms with Gasteiger partial charge in [-0.2, -0.15) is 0 Å². The first-order valence-corrected chi connectivity index (χ1v) is 7.83. The second-order valence-electron chi connectivity index (χ2n) is 4.42. The molecule has 2 rings (SSSR count). The fraction of sp³-hybridized carbons (Fsp3) is 0.333. The van der Waals surface area contributed by atoms with Gasteiger partial charge in [-0.05, 0) is 42.7 Å². The van der Waals surface area contributed by atoms with Crippen molar-refractivity contribution in [2.24, 2.45) is 0 Å². The lowest BCUT2D eigenvalue weighted by molar-refractivity contribution is 0.699. The maximum absolute atomic E-state index is 3.61. The lowest BCUT2D eigenvalue weighted by Gasteiger charge is -2.06. The van der Waals surface area contributed by atoms with Crippen molar-refractivity contribution in [3.8, 4) is 0 Å². The maximum Gasteiger partial charge on any atom is 0.0303 e. The number of rotatable bonds is 5. The predicted octanol–water partition coefficient (Wildman–Crippen LogP) is 4.67. The Morgan fingerprint density at radius 3 is 2.56 bits per heavy atom. The quantitative estimate of drug-likeness (QED) is 0.843. The molecule has 0 atom stereocenters. The van der Waals surface area contributed by atoms with Gasteiger partial charge in [0.15, 0.2) is 0 Å². The molecule has 1 nitrogen and oxygen atoms in total. The molecule has 2 aromatic rings. The molecule has 0 fully saturated rings. The minimum absolute atomic E-state index is 0.903. The van der Waals surface area contributed by atoms with Gasteiger partial charge >= 0.3 is 0 Å². The Balaban J connectivity index is 1.88. The van der Waals surface area contributed by atoms with E-state index < -0.39 is 0 Å². The molecule has 0 aliphatic rings. The summed E-state index contributed by atoms with van der Waals surface area (Å²) in [5.41, 5.74) is 2.60. The summed E-state index contributed by atoms with van der Waals surface area (Å²) < 4.78 is 1.19. The van der Waals surface area contributed by atoms with Gasteiger partial charge in [-0.25, -0.2) is 0 Å². The average Bonchev–Trinajstić information content (AvgIpc) is 2.80. The molecule has 0 bridgehead atoms. The Morgan fingerprint density at radius 2 is 1.89 bits per heavy atom. The zero-order chi connectivity index (χ0) is 13.0. The van der Waals surface area contributed by atoms with Gasteiger partial charge < -0.3 is 5.32 Å². The van der Waals surface area contributed by atoms with Crippen molar-refractivity contribution in [3.63, 3.8) is 0 Å². The smallest absolute Gasteiger partial charge is 0.0303 e. The molecule has 0 aliphatic heterocycles. The van der Waals surface area contributed by atoms with Crippen LogP contribution >= 0.6 is 27.3 Å². The van der Waals surface area contributed by atoms with Crippen LogP contribution in [-0.4, -0.2) is 0 Å². The van der Waals surface area contributed by atoms with E-state index in [1.54, 1.807) is 0 Å². The van der Waals surface area contributed by atoms with E-state index >= 15 is 0 Å². The van der Waals surface area contributed by atoms with Gasteiger partial charge in [0, 0.05) is 27.3 Å². The fourth-order valence-electron chi connectivity index (χ4n) is 1.82. The number of hydrogen-bond acceptors (Lipinski definition) is 2. The summed E-state index contributed by atoms with van der Waals surface area (Å²) in [6, 6.07) is 10.9. The summed E-state index contributed by atoms with van der Waals surface area (Å²) in [5, 5.41) is 3.50. The van der Waals surface area contributed by atoms with Crippen LogP contribution in [0.15, 0.2) is 34.8 Å². The fourth-order valence-corrected chi connectivity index (χ4v) is 3.38. The van der Waals surface area contributed by atoms with Crippen molar-refractivity contribution in [2.45, 2.75) is 33.4 Å². The van der Waals surface area contributed by atoms with Crippen molar-refractivity contribution in [1.29, 1.82) is 0 Å². The number of halogens is 1. The Bertz CT molecular complexity index is 519. The van der Waals surface area contributed by atoms with Crippen LogP contribution in [0.25, 0.3) is 0 Å². The molecule has 1 N–H and O–H groups in total. The molecule has 0 saturated heterocycles. The van der Waals surface area contributed by atoms with Gasteiger partial charge in [0.05, 0.1) is 0 Å². The Kier molecular flexibility index (Phi) is 4.98. The van der Waals surface area contributed by atoms with E-state index in [2.05, 4.69) is 65.4 Å². The third kappa shape index (κ3) is 3.67. The average molecular weight is 324 g/mol. The summed E-state index contributed by atoms with van der Waals surface area (Å²) in [7, 11) is 0. The first kappa shape index (κ1) is 13.8. The van der Waals surface area contributed by atoms with E-state index in [4.69, 9.17) is 0 Å². The lowest BCUT2D eigenvalue weighted by Crippen LogP contribution is -2.12. The number of thiophene rings is 1. The maximum atomic E-state index is 3.61. The van der Waals surface area contributed by atoms with Crippen LogP contribution in [-0.2, 0) is 19.5 Å². The summed E-state index contributed by atoms with van der Waals surface area (Å²) in [6.07, 6.45) is 1.13. The molecule has 0 amide bonds. The normalized spacial score (nSPS) is 10.8. The molecular weight excluding hydrogens is 306 g/mol. The SMILES string of the molecule is CCc1ccc(CNCc2ccc(C)cc2Br)s1. The molecule has 1 heterocycles. The van der Waals surface area contributed by atoms with Crippen LogP contribution in [0.4, 0.5) is 0 Å². The number of nitrogens with one attached hydrogen (secondary N) is 1. The summed E-state index contributed by atoms with van der Waals surface area (Å²) >= 11 is 5.51. The topological polar surface area (TPSA) is 12.0 Å². The zero-order valence-electron chi connectivity index (χ0n) is 10.8. The Morgan fingerprint density at radius 1 is 1.11 bits per heavy atom. The van der Waals surface area contributed by atoms with E-state index in [9.17, 15) is 0 Å².